The Labute approximate surface area is 106 Å². The first-order valence-corrected chi connectivity index (χ1v) is 6.28. The Morgan fingerprint density at radius 3 is 2.83 bits per heavy atom. The average molecular weight is 249 g/mol. The molecule has 1 heterocycles. The minimum atomic E-state index is -0.162. The van der Waals surface area contributed by atoms with Gasteiger partial charge in [-0.1, -0.05) is 19.8 Å². The number of hydrazine groups is 1. The first-order chi connectivity index (χ1) is 8.69. The number of aromatic nitrogens is 2. The second-order valence-corrected chi connectivity index (χ2v) is 4.87. The molecule has 2 rings (SSSR count). The predicted octanol–water partition coefficient (Wildman–Crippen LogP) is 1.07. The lowest BCUT2D eigenvalue weighted by molar-refractivity contribution is 0.0916. The summed E-state index contributed by atoms with van der Waals surface area (Å²) >= 11 is 0. The average Bonchev–Trinajstić information content (AvgIpc) is 2.39. The Bertz CT molecular complexity index is 405. The molecule has 1 fully saturated rings. The van der Waals surface area contributed by atoms with Gasteiger partial charge in [-0.25, -0.2) is 15.8 Å². The van der Waals surface area contributed by atoms with Crippen molar-refractivity contribution in [1.82, 2.24) is 15.3 Å². The number of nitrogens with one attached hydrogen (secondary N) is 2. The van der Waals surface area contributed by atoms with Crippen LogP contribution in [0, 0.1) is 5.92 Å². The fourth-order valence-electron chi connectivity index (χ4n) is 2.34. The summed E-state index contributed by atoms with van der Waals surface area (Å²) in [6, 6.07) is 0.260. The number of nitrogen functional groups attached to an aromatic ring is 1. The van der Waals surface area contributed by atoms with Crippen LogP contribution in [0.1, 0.15) is 43.1 Å². The molecule has 0 saturated heterocycles. The molecule has 1 saturated carbocycles. The zero-order chi connectivity index (χ0) is 13.0. The van der Waals surface area contributed by atoms with Crippen LogP contribution in [0.5, 0.6) is 0 Å². The van der Waals surface area contributed by atoms with Gasteiger partial charge in [-0.3, -0.25) is 4.79 Å². The zero-order valence-electron chi connectivity index (χ0n) is 10.5. The Kier molecular flexibility index (Phi) is 4.09. The highest BCUT2D eigenvalue weighted by Gasteiger charge is 2.21. The number of anilines is 1. The van der Waals surface area contributed by atoms with Crippen molar-refractivity contribution in [2.24, 2.45) is 11.8 Å². The van der Waals surface area contributed by atoms with Crippen LogP contribution in [0.2, 0.25) is 0 Å². The van der Waals surface area contributed by atoms with Crippen LogP contribution in [-0.2, 0) is 0 Å². The van der Waals surface area contributed by atoms with E-state index in [0.717, 1.165) is 12.8 Å². The summed E-state index contributed by atoms with van der Waals surface area (Å²) < 4.78 is 0. The Morgan fingerprint density at radius 1 is 1.39 bits per heavy atom. The number of nitrogens with zero attached hydrogens (tertiary/aromatic N) is 2. The maximum Gasteiger partial charge on any atom is 0.271 e. The molecule has 1 aliphatic carbocycles. The third kappa shape index (κ3) is 3.16. The number of hydrogen-bond acceptors (Lipinski definition) is 5. The van der Waals surface area contributed by atoms with Crippen LogP contribution in [0.3, 0.4) is 0 Å². The van der Waals surface area contributed by atoms with E-state index in [4.69, 9.17) is 5.84 Å². The van der Waals surface area contributed by atoms with Crippen LogP contribution >= 0.6 is 0 Å². The molecule has 2 atom stereocenters. The summed E-state index contributed by atoms with van der Waals surface area (Å²) in [5, 5.41) is 3.01. The summed E-state index contributed by atoms with van der Waals surface area (Å²) in [6.07, 6.45) is 7.39. The van der Waals surface area contributed by atoms with Gasteiger partial charge in [0.25, 0.3) is 5.91 Å². The van der Waals surface area contributed by atoms with Crippen LogP contribution in [0.25, 0.3) is 0 Å². The molecule has 2 unspecified atom stereocenters. The topological polar surface area (TPSA) is 92.9 Å². The van der Waals surface area contributed by atoms with E-state index in [1.54, 1.807) is 0 Å². The largest absolute Gasteiger partial charge is 0.348 e. The molecule has 98 valence electrons. The van der Waals surface area contributed by atoms with Gasteiger partial charge in [0.05, 0.1) is 12.4 Å². The van der Waals surface area contributed by atoms with E-state index >= 15 is 0 Å². The molecule has 0 bridgehead atoms. The molecule has 1 amide bonds. The fourth-order valence-corrected chi connectivity index (χ4v) is 2.34. The van der Waals surface area contributed by atoms with Gasteiger partial charge in [-0.2, -0.15) is 0 Å². The van der Waals surface area contributed by atoms with Gasteiger partial charge in [0.2, 0.25) is 0 Å². The molecule has 0 radical (unpaired) electrons. The maximum atomic E-state index is 12.0. The van der Waals surface area contributed by atoms with Crippen LogP contribution in [0.15, 0.2) is 12.4 Å². The number of amides is 1. The summed E-state index contributed by atoms with van der Waals surface area (Å²) in [7, 11) is 0. The summed E-state index contributed by atoms with van der Waals surface area (Å²) in [6.45, 7) is 2.22. The van der Waals surface area contributed by atoms with Gasteiger partial charge < -0.3 is 10.7 Å². The van der Waals surface area contributed by atoms with Crippen LogP contribution < -0.4 is 16.6 Å². The summed E-state index contributed by atoms with van der Waals surface area (Å²) in [5.41, 5.74) is 2.70. The van der Waals surface area contributed by atoms with Crippen molar-refractivity contribution in [3.63, 3.8) is 0 Å². The Hall–Kier alpha value is -1.69. The zero-order valence-corrected chi connectivity index (χ0v) is 10.5. The van der Waals surface area contributed by atoms with Crippen LogP contribution in [0.4, 0.5) is 5.82 Å². The van der Waals surface area contributed by atoms with Gasteiger partial charge >= 0.3 is 0 Å². The number of carbonyl (C=O) groups excluding carboxylic acids is 1. The van der Waals surface area contributed by atoms with Crippen molar-refractivity contribution in [2.75, 3.05) is 5.43 Å². The number of nitrogens with two attached hydrogens (primary N) is 1. The Balaban J connectivity index is 1.94. The normalized spacial score (nSPS) is 23.4. The second kappa shape index (κ2) is 5.77. The fraction of sp³-hybridized carbons (Fsp3) is 0.583. The van der Waals surface area contributed by atoms with Crippen molar-refractivity contribution in [1.29, 1.82) is 0 Å². The van der Waals surface area contributed by atoms with Gasteiger partial charge in [0, 0.05) is 6.04 Å². The lowest BCUT2D eigenvalue weighted by atomic mass is 9.87. The quantitative estimate of drug-likeness (QED) is 0.550. The SMILES string of the molecule is CC1CCCC(NC(=O)c2cnc(NN)cn2)C1. The van der Waals surface area contributed by atoms with E-state index < -0.39 is 0 Å². The molecule has 18 heavy (non-hydrogen) atoms. The van der Waals surface area contributed by atoms with Gasteiger partial charge in [-0.15, -0.1) is 0 Å². The number of carbonyl (C=O) groups is 1. The smallest absolute Gasteiger partial charge is 0.271 e. The second-order valence-electron chi connectivity index (χ2n) is 4.87. The van der Waals surface area contributed by atoms with Gasteiger partial charge in [0.1, 0.15) is 5.69 Å². The monoisotopic (exact) mass is 249 g/mol. The molecule has 1 aromatic rings. The highest BCUT2D eigenvalue weighted by molar-refractivity contribution is 5.92. The van der Waals surface area contributed by atoms with E-state index in [0.29, 0.717) is 17.4 Å². The maximum absolute atomic E-state index is 12.0. The molecule has 6 heteroatoms. The molecule has 4 N–H and O–H groups in total. The highest BCUT2D eigenvalue weighted by Crippen LogP contribution is 2.23. The molecule has 1 aliphatic rings. The standard InChI is InChI=1S/C12H19N5O/c1-8-3-2-4-9(5-8)16-12(18)10-6-15-11(17-13)7-14-10/h6-9H,2-5,13H2,1H3,(H,15,17)(H,16,18). The predicted molar refractivity (Wildman–Crippen MR) is 68.7 cm³/mol. The van der Waals surface area contributed by atoms with Crippen molar-refractivity contribution in [3.8, 4) is 0 Å². The van der Waals surface area contributed by atoms with E-state index in [1.807, 2.05) is 0 Å². The third-order valence-electron chi connectivity index (χ3n) is 3.30. The molecular formula is C12H19N5O. The van der Waals surface area contributed by atoms with Gasteiger partial charge in [0.15, 0.2) is 5.82 Å². The molecule has 0 spiro atoms. The molecule has 1 aromatic heterocycles. The van der Waals surface area contributed by atoms with Crippen molar-refractivity contribution in [2.45, 2.75) is 38.6 Å². The van der Waals surface area contributed by atoms with E-state index in [-0.39, 0.29) is 11.9 Å². The third-order valence-corrected chi connectivity index (χ3v) is 3.30. The molecular weight excluding hydrogens is 230 g/mol. The minimum absolute atomic E-state index is 0.162. The first kappa shape index (κ1) is 12.8. The number of hydrogen-bond donors (Lipinski definition) is 3. The van der Waals surface area contributed by atoms with E-state index in [1.165, 1.54) is 25.2 Å². The summed E-state index contributed by atoms with van der Waals surface area (Å²) in [4.78, 5) is 19.9. The highest BCUT2D eigenvalue weighted by atomic mass is 16.1. The lowest BCUT2D eigenvalue weighted by Gasteiger charge is -2.27. The van der Waals surface area contributed by atoms with E-state index in [9.17, 15) is 4.79 Å². The van der Waals surface area contributed by atoms with Gasteiger partial charge in [-0.05, 0) is 18.8 Å². The molecule has 6 nitrogen and oxygen atoms in total. The first-order valence-electron chi connectivity index (χ1n) is 6.28. The number of rotatable bonds is 3. The minimum Gasteiger partial charge on any atom is -0.348 e. The van der Waals surface area contributed by atoms with Crippen molar-refractivity contribution < 1.29 is 4.79 Å². The Morgan fingerprint density at radius 2 is 2.22 bits per heavy atom. The molecule has 0 aromatic carbocycles. The lowest BCUT2D eigenvalue weighted by Crippen LogP contribution is -2.38. The van der Waals surface area contributed by atoms with Crippen molar-refractivity contribution >= 4 is 11.7 Å². The molecule has 0 aliphatic heterocycles. The van der Waals surface area contributed by atoms with Crippen molar-refractivity contribution in [3.05, 3.63) is 18.1 Å². The summed E-state index contributed by atoms with van der Waals surface area (Å²) in [5.74, 6) is 6.15. The van der Waals surface area contributed by atoms with Crippen LogP contribution in [-0.4, -0.2) is 21.9 Å². The van der Waals surface area contributed by atoms with E-state index in [2.05, 4.69) is 27.6 Å².